The Balaban J connectivity index is 1.20. The van der Waals surface area contributed by atoms with Gasteiger partial charge in [0.05, 0.1) is 30.6 Å². The molecule has 65 heavy (non-hydrogen) atoms. The van der Waals surface area contributed by atoms with Crippen molar-refractivity contribution < 1.29 is 58.3 Å². The minimum absolute atomic E-state index is 0.200. The van der Waals surface area contributed by atoms with Gasteiger partial charge in [-0.15, -0.1) is 5.10 Å². The first-order chi connectivity index (χ1) is 30.8. The molecule has 2 bridgehead atoms. The second kappa shape index (κ2) is 21.1. The molecule has 360 valence electrons. The van der Waals surface area contributed by atoms with Crippen molar-refractivity contribution in [3.05, 3.63) is 36.0 Å². The number of aryl methyl sites for hydroxylation is 1. The summed E-state index contributed by atoms with van der Waals surface area (Å²) in [6, 6.07) is 6.69. The molecule has 4 aliphatic heterocycles. The fraction of sp³-hybridized carbons (Fsp3) is 0.717. The molecular formula is C46H69N7O12. The molecule has 19 heteroatoms. The Kier molecular flexibility index (Phi) is 16.2. The van der Waals surface area contributed by atoms with Crippen LogP contribution in [0.5, 0.6) is 0 Å². The number of benzene rings is 1. The summed E-state index contributed by atoms with van der Waals surface area (Å²) in [4.78, 5) is 61.5. The smallest absolute Gasteiger partial charge is 0.411 e. The number of rotatable bonds is 14. The Labute approximate surface area is 381 Å². The standard InChI is InChI=1S/C46H69N7O12/c1-10-34-46(7)40(57)37-36(47-19-21-53(37)44(59)65-46)26(2)23-45(6,61-9)41(28(4)38(55)29(5)42(58)63-34)64-43-39(56)33(22-27(3)62-43)51(8)24-30-15-17-31(18-16-30)32-25-52(50-48-32)20-13-11-12-14-35(54)49-60/h15-18,25-29,33-34,37,39-41,43,56-57,60H,10-14,19-24H2,1-9H3,(H,49,54)/t26-,27-,28+,29-,33+,34-,37+,39+,40-,41-,43+,45-,46-/m1/s1. The number of methoxy groups -OCH3 is 1. The van der Waals surface area contributed by atoms with Crippen LogP contribution in [0.15, 0.2) is 35.5 Å². The first kappa shape index (κ1) is 50.1. The Morgan fingerprint density at radius 1 is 1.06 bits per heavy atom. The van der Waals surface area contributed by atoms with E-state index in [-0.39, 0.29) is 38.5 Å². The number of Topliss-reactive ketones (excluding diaryl/α,β-unsaturated/α-hetero) is 1. The van der Waals surface area contributed by atoms with Crippen LogP contribution in [0.4, 0.5) is 4.79 Å². The fourth-order valence-electron chi connectivity index (χ4n) is 10.1. The van der Waals surface area contributed by atoms with Crippen LogP contribution in [0.2, 0.25) is 0 Å². The van der Waals surface area contributed by atoms with E-state index in [4.69, 9.17) is 33.9 Å². The number of hydroxylamine groups is 1. The lowest BCUT2D eigenvalue weighted by molar-refractivity contribution is -0.296. The number of aliphatic imine (C=N–C) groups is 1. The van der Waals surface area contributed by atoms with Crippen LogP contribution in [-0.2, 0) is 51.2 Å². The Bertz CT molecular complexity index is 2020. The van der Waals surface area contributed by atoms with Crippen molar-refractivity contribution in [3.63, 3.8) is 0 Å². The van der Waals surface area contributed by atoms with Crippen molar-refractivity contribution in [3.8, 4) is 11.3 Å². The zero-order valence-corrected chi connectivity index (χ0v) is 39.2. The first-order valence-electron chi connectivity index (χ1n) is 23.0. The number of nitrogens with zero attached hydrogens (tertiary/aromatic N) is 6. The maximum absolute atomic E-state index is 14.4. The van der Waals surface area contributed by atoms with E-state index in [1.54, 1.807) is 30.9 Å². The van der Waals surface area contributed by atoms with Crippen molar-refractivity contribution in [2.75, 3.05) is 27.2 Å². The van der Waals surface area contributed by atoms with Crippen molar-refractivity contribution in [2.24, 2.45) is 22.7 Å². The normalized spacial score (nSPS) is 34.7. The molecule has 1 aromatic heterocycles. The molecule has 0 saturated carbocycles. The molecule has 4 N–H and O–H groups in total. The molecule has 1 aromatic carbocycles. The van der Waals surface area contributed by atoms with Gasteiger partial charge in [0.15, 0.2) is 17.7 Å². The minimum atomic E-state index is -1.62. The number of fused-ring (bicyclic) bond motifs is 1. The molecule has 19 nitrogen and oxygen atoms in total. The summed E-state index contributed by atoms with van der Waals surface area (Å²) in [6.45, 7) is 13.8. The van der Waals surface area contributed by atoms with Gasteiger partial charge < -0.3 is 33.9 Å². The number of hydrogen-bond donors (Lipinski definition) is 4. The quantitative estimate of drug-likeness (QED) is 0.0696. The average Bonchev–Trinajstić information content (AvgIpc) is 3.77. The first-order valence-corrected chi connectivity index (χ1v) is 23.0. The number of likely N-dealkylation sites (N-methyl/N-ethyl adjacent to an activating group) is 1. The Morgan fingerprint density at radius 3 is 2.46 bits per heavy atom. The zero-order valence-electron chi connectivity index (χ0n) is 39.2. The van der Waals surface area contributed by atoms with E-state index < -0.39 is 95.5 Å². The van der Waals surface area contributed by atoms with Gasteiger partial charge >= 0.3 is 12.1 Å². The number of cyclic esters (lactones) is 1. The molecule has 3 fully saturated rings. The number of carbonyl (C=O) groups is 4. The van der Waals surface area contributed by atoms with Gasteiger partial charge in [-0.1, -0.05) is 56.7 Å². The number of esters is 1. The number of aliphatic hydroxyl groups excluding tert-OH is 2. The lowest BCUT2D eigenvalue weighted by Gasteiger charge is -2.52. The molecule has 5 heterocycles. The largest absolute Gasteiger partial charge is 0.457 e. The van der Waals surface area contributed by atoms with Crippen molar-refractivity contribution in [2.45, 2.75) is 167 Å². The topological polar surface area (TPSA) is 237 Å². The van der Waals surface area contributed by atoms with Gasteiger partial charge in [0.2, 0.25) is 5.91 Å². The molecule has 4 aliphatic rings. The molecule has 6 rings (SSSR count). The van der Waals surface area contributed by atoms with Crippen LogP contribution in [-0.4, -0.2) is 157 Å². The number of ether oxygens (including phenoxy) is 5. The number of nitrogens with one attached hydrogen (secondary N) is 1. The molecule has 0 aliphatic carbocycles. The minimum Gasteiger partial charge on any atom is -0.457 e. The van der Waals surface area contributed by atoms with E-state index in [9.17, 15) is 29.4 Å². The molecular weight excluding hydrogens is 843 g/mol. The summed E-state index contributed by atoms with van der Waals surface area (Å²) in [5.41, 5.74) is 1.95. The lowest BCUT2D eigenvalue weighted by atomic mass is 9.74. The van der Waals surface area contributed by atoms with Crippen LogP contribution in [0.25, 0.3) is 11.3 Å². The summed E-state index contributed by atoms with van der Waals surface area (Å²) >= 11 is 0. The Hall–Kier alpha value is -4.37. The van der Waals surface area contributed by atoms with Gasteiger partial charge in [-0.05, 0) is 78.3 Å². The number of unbranched alkanes of at least 4 members (excludes halogenated alkanes) is 2. The third-order valence-corrected chi connectivity index (χ3v) is 14.0. The third-order valence-electron chi connectivity index (χ3n) is 14.0. The molecule has 0 unspecified atom stereocenters. The van der Waals surface area contributed by atoms with Crippen LogP contribution in [0.3, 0.4) is 0 Å². The predicted octanol–water partition coefficient (Wildman–Crippen LogP) is 3.70. The van der Waals surface area contributed by atoms with Gasteiger partial charge in [-0.3, -0.25) is 39.1 Å². The highest BCUT2D eigenvalue weighted by molar-refractivity contribution is 6.00. The highest BCUT2D eigenvalue weighted by atomic mass is 16.7. The third kappa shape index (κ3) is 10.8. The van der Waals surface area contributed by atoms with Gasteiger partial charge in [-0.2, -0.15) is 0 Å². The summed E-state index contributed by atoms with van der Waals surface area (Å²) < 4.78 is 33.0. The highest BCUT2D eigenvalue weighted by Gasteiger charge is 2.59. The van der Waals surface area contributed by atoms with E-state index in [2.05, 4.69) is 15.2 Å². The Morgan fingerprint density at radius 2 is 1.78 bits per heavy atom. The van der Waals surface area contributed by atoms with Crippen LogP contribution >= 0.6 is 0 Å². The van der Waals surface area contributed by atoms with Crippen LogP contribution < -0.4 is 5.48 Å². The molecule has 0 radical (unpaired) electrons. The number of aromatic nitrogens is 3. The molecule has 13 atom stereocenters. The predicted molar refractivity (Wildman–Crippen MR) is 235 cm³/mol. The number of carbonyl (C=O) groups excluding carboxylic acids is 4. The lowest BCUT2D eigenvalue weighted by Crippen LogP contribution is -2.71. The van der Waals surface area contributed by atoms with E-state index in [0.29, 0.717) is 31.6 Å². The number of aliphatic hydroxyl groups is 2. The van der Waals surface area contributed by atoms with E-state index >= 15 is 0 Å². The highest BCUT2D eigenvalue weighted by Crippen LogP contribution is 2.41. The van der Waals surface area contributed by atoms with Crippen molar-refractivity contribution in [1.82, 2.24) is 30.3 Å². The second-order valence-electron chi connectivity index (χ2n) is 18.8. The molecule has 3 saturated heterocycles. The number of amides is 2. The average molecular weight is 912 g/mol. The van der Waals surface area contributed by atoms with E-state index in [0.717, 1.165) is 29.7 Å². The van der Waals surface area contributed by atoms with Gasteiger partial charge in [0.1, 0.15) is 36.0 Å². The van der Waals surface area contributed by atoms with E-state index in [1.165, 1.54) is 18.9 Å². The second-order valence-corrected chi connectivity index (χ2v) is 18.8. The summed E-state index contributed by atoms with van der Waals surface area (Å²) in [6.07, 6.45) is -1.43. The fourth-order valence-corrected chi connectivity index (χ4v) is 10.1. The number of hydrogen-bond acceptors (Lipinski definition) is 16. The van der Waals surface area contributed by atoms with Crippen molar-refractivity contribution >= 4 is 29.5 Å². The molecule has 2 aromatic rings. The maximum Gasteiger partial charge on any atom is 0.411 e. The van der Waals surface area contributed by atoms with Gasteiger partial charge in [0, 0.05) is 56.4 Å². The zero-order chi connectivity index (χ0) is 47.4. The summed E-state index contributed by atoms with van der Waals surface area (Å²) in [7, 11) is 3.45. The summed E-state index contributed by atoms with van der Waals surface area (Å²) in [5, 5.41) is 41.4. The van der Waals surface area contributed by atoms with Crippen LogP contribution in [0.1, 0.15) is 99.0 Å². The van der Waals surface area contributed by atoms with Crippen molar-refractivity contribution in [1.29, 1.82) is 0 Å². The van der Waals surface area contributed by atoms with Gasteiger partial charge in [-0.25, -0.2) is 10.3 Å². The molecule has 2 amide bonds. The maximum atomic E-state index is 14.4. The molecule has 0 spiro atoms. The summed E-state index contributed by atoms with van der Waals surface area (Å²) in [5.74, 6) is -4.35. The van der Waals surface area contributed by atoms with E-state index in [1.807, 2.05) is 58.3 Å². The SMILES string of the molecule is CC[C@H]1OC(=O)[C@H](C)C(=O)[C@H](C)[C@@H](O[C@@H]2O[C@H](C)C[C@H](N(C)Cc3ccc(-c4cn(CCCCCC(=O)NO)nn4)cc3)[C@@H]2O)[C@](C)(OC)C[C@@H](C)C2=NCCN3C(=O)O[C@@]1(C)[C@H](O)[C@H]23. The monoisotopic (exact) mass is 912 g/mol. The van der Waals surface area contributed by atoms with Crippen LogP contribution in [0, 0.1) is 17.8 Å². The number of ketones is 1. The van der Waals surface area contributed by atoms with Gasteiger partial charge in [0.25, 0.3) is 0 Å².